The van der Waals surface area contributed by atoms with Crippen LogP contribution in [0.15, 0.2) is 4.42 Å². The van der Waals surface area contributed by atoms with Crippen molar-refractivity contribution in [1.29, 1.82) is 0 Å². The Morgan fingerprint density at radius 3 is 2.56 bits per heavy atom. The van der Waals surface area contributed by atoms with Crippen molar-refractivity contribution in [3.63, 3.8) is 0 Å². The smallest absolute Gasteiger partial charge is 0.255 e. The largest absolute Gasteiger partial charge is 0.466 e. The van der Waals surface area contributed by atoms with Crippen LogP contribution in [-0.2, 0) is 0 Å². The minimum absolute atomic E-state index is 0.0664. The molecule has 0 saturated heterocycles. The Hall–Kier alpha value is -1.29. The third-order valence-electron chi connectivity index (χ3n) is 3.85. The van der Waals surface area contributed by atoms with E-state index >= 15 is 0 Å². The first kappa shape index (κ1) is 13.1. The molecule has 2 unspecified atom stereocenters. The Morgan fingerprint density at radius 2 is 2.06 bits per heavy atom. The van der Waals surface area contributed by atoms with E-state index in [9.17, 15) is 9.90 Å². The minimum Gasteiger partial charge on any atom is -0.466 e. The predicted molar refractivity (Wildman–Crippen MR) is 68.6 cm³/mol. The molecule has 18 heavy (non-hydrogen) atoms. The molecule has 0 radical (unpaired) electrons. The molecule has 2 atom stereocenters. The second kappa shape index (κ2) is 5.14. The van der Waals surface area contributed by atoms with Gasteiger partial charge in [-0.2, -0.15) is 0 Å². The summed E-state index contributed by atoms with van der Waals surface area (Å²) >= 11 is 0. The molecule has 1 saturated carbocycles. The fourth-order valence-corrected chi connectivity index (χ4v) is 2.69. The number of amides is 1. The average Bonchev–Trinajstić information content (AvgIpc) is 2.82. The highest BCUT2D eigenvalue weighted by atomic mass is 16.3. The summed E-state index contributed by atoms with van der Waals surface area (Å²) in [4.78, 5) is 12.1. The van der Waals surface area contributed by atoms with Gasteiger partial charge in [0, 0.05) is 12.1 Å². The summed E-state index contributed by atoms with van der Waals surface area (Å²) in [5, 5.41) is 12.4. The molecular weight excluding hydrogens is 230 g/mol. The highest BCUT2D eigenvalue weighted by Gasteiger charge is 2.24. The molecule has 2 N–H and O–H groups in total. The van der Waals surface area contributed by atoms with E-state index in [1.54, 1.807) is 0 Å². The van der Waals surface area contributed by atoms with Crippen LogP contribution in [-0.4, -0.2) is 23.7 Å². The average molecular weight is 251 g/mol. The van der Waals surface area contributed by atoms with Crippen molar-refractivity contribution in [1.82, 2.24) is 5.32 Å². The van der Waals surface area contributed by atoms with Crippen LogP contribution in [0, 0.1) is 26.7 Å². The third kappa shape index (κ3) is 2.58. The normalized spacial score (nSPS) is 23.3. The van der Waals surface area contributed by atoms with Gasteiger partial charge in [0.25, 0.3) is 5.91 Å². The molecule has 1 fully saturated rings. The van der Waals surface area contributed by atoms with Crippen LogP contribution < -0.4 is 5.32 Å². The lowest BCUT2D eigenvalue weighted by molar-refractivity contribution is 0.0943. The molecule has 0 aromatic carbocycles. The highest BCUT2D eigenvalue weighted by molar-refractivity contribution is 5.96. The first-order chi connectivity index (χ1) is 8.49. The molecule has 1 heterocycles. The molecule has 4 nitrogen and oxygen atoms in total. The summed E-state index contributed by atoms with van der Waals surface area (Å²) in [6.07, 6.45) is 2.45. The minimum atomic E-state index is -0.188. The Kier molecular flexibility index (Phi) is 3.76. The fraction of sp³-hybridized carbons (Fsp3) is 0.643. The number of carbonyl (C=O) groups excluding carboxylic acids is 1. The molecule has 0 bridgehead atoms. The van der Waals surface area contributed by atoms with E-state index in [-0.39, 0.29) is 12.0 Å². The monoisotopic (exact) mass is 251 g/mol. The number of rotatable bonds is 3. The van der Waals surface area contributed by atoms with Gasteiger partial charge in [0.05, 0.1) is 11.7 Å². The topological polar surface area (TPSA) is 62.5 Å². The first-order valence-corrected chi connectivity index (χ1v) is 6.52. The van der Waals surface area contributed by atoms with Gasteiger partial charge in [-0.25, -0.2) is 0 Å². The standard InChI is InChI=1S/C14H21NO3/c1-8-9(2)18-10(3)13(8)14(17)15-7-11-4-5-12(16)6-11/h11-12,16H,4-7H2,1-3H3,(H,15,17). The van der Waals surface area contributed by atoms with Crippen LogP contribution in [0.1, 0.15) is 46.7 Å². The first-order valence-electron chi connectivity index (χ1n) is 6.52. The molecule has 1 aliphatic rings. The van der Waals surface area contributed by atoms with Gasteiger partial charge in [0.2, 0.25) is 0 Å². The van der Waals surface area contributed by atoms with E-state index in [1.807, 2.05) is 20.8 Å². The molecule has 0 aliphatic heterocycles. The zero-order valence-corrected chi connectivity index (χ0v) is 11.2. The van der Waals surface area contributed by atoms with Crippen molar-refractivity contribution in [2.75, 3.05) is 6.54 Å². The lowest BCUT2D eigenvalue weighted by Gasteiger charge is -2.10. The van der Waals surface area contributed by atoms with Crippen LogP contribution in [0.5, 0.6) is 0 Å². The molecule has 4 heteroatoms. The maximum Gasteiger partial charge on any atom is 0.255 e. The highest BCUT2D eigenvalue weighted by Crippen LogP contribution is 2.25. The second-order valence-corrected chi connectivity index (χ2v) is 5.26. The lowest BCUT2D eigenvalue weighted by atomic mass is 10.1. The molecule has 1 aromatic heterocycles. The zero-order valence-electron chi connectivity index (χ0n) is 11.2. The number of nitrogens with one attached hydrogen (secondary N) is 1. The fourth-order valence-electron chi connectivity index (χ4n) is 2.69. The summed E-state index contributed by atoms with van der Waals surface area (Å²) in [7, 11) is 0. The molecule has 1 amide bonds. The molecule has 1 aromatic rings. The van der Waals surface area contributed by atoms with Crippen molar-refractivity contribution in [3.05, 3.63) is 22.6 Å². The quantitative estimate of drug-likeness (QED) is 0.864. The van der Waals surface area contributed by atoms with Crippen molar-refractivity contribution >= 4 is 5.91 Å². The second-order valence-electron chi connectivity index (χ2n) is 5.26. The van der Waals surface area contributed by atoms with Gasteiger partial charge in [0.1, 0.15) is 11.5 Å². The number of furan rings is 1. The van der Waals surface area contributed by atoms with Crippen LogP contribution in [0.2, 0.25) is 0 Å². The van der Waals surface area contributed by atoms with Gasteiger partial charge in [-0.05, 0) is 46.0 Å². The third-order valence-corrected chi connectivity index (χ3v) is 3.85. The van der Waals surface area contributed by atoms with E-state index in [0.29, 0.717) is 23.8 Å². The molecule has 2 rings (SSSR count). The SMILES string of the molecule is Cc1oc(C)c(C(=O)NCC2CCC(O)C2)c1C. The summed E-state index contributed by atoms with van der Waals surface area (Å²) in [5.41, 5.74) is 1.57. The van der Waals surface area contributed by atoms with Gasteiger partial charge < -0.3 is 14.8 Å². The summed E-state index contributed by atoms with van der Waals surface area (Å²) < 4.78 is 5.45. The number of aryl methyl sites for hydroxylation is 2. The van der Waals surface area contributed by atoms with Gasteiger partial charge in [-0.3, -0.25) is 4.79 Å². The van der Waals surface area contributed by atoms with E-state index in [1.165, 1.54) is 0 Å². The summed E-state index contributed by atoms with van der Waals surface area (Å²) in [5.74, 6) is 1.81. The van der Waals surface area contributed by atoms with E-state index < -0.39 is 0 Å². The summed E-state index contributed by atoms with van der Waals surface area (Å²) in [6.45, 7) is 6.22. The van der Waals surface area contributed by atoms with Crippen LogP contribution >= 0.6 is 0 Å². The Bertz CT molecular complexity index is 450. The Morgan fingerprint density at radius 1 is 1.33 bits per heavy atom. The van der Waals surface area contributed by atoms with Crippen molar-refractivity contribution in [2.45, 2.75) is 46.1 Å². The Balaban J connectivity index is 1.95. The predicted octanol–water partition coefficient (Wildman–Crippen LogP) is 2.10. The summed E-state index contributed by atoms with van der Waals surface area (Å²) in [6, 6.07) is 0. The van der Waals surface area contributed by atoms with Crippen molar-refractivity contribution in [2.24, 2.45) is 5.92 Å². The van der Waals surface area contributed by atoms with Crippen LogP contribution in [0.3, 0.4) is 0 Å². The number of aliphatic hydroxyl groups excluding tert-OH is 1. The number of hydrogen-bond acceptors (Lipinski definition) is 3. The van der Waals surface area contributed by atoms with E-state index in [0.717, 1.165) is 30.6 Å². The van der Waals surface area contributed by atoms with Crippen molar-refractivity contribution in [3.8, 4) is 0 Å². The number of aliphatic hydroxyl groups is 1. The van der Waals surface area contributed by atoms with Gasteiger partial charge in [-0.15, -0.1) is 0 Å². The van der Waals surface area contributed by atoms with Crippen molar-refractivity contribution < 1.29 is 14.3 Å². The van der Waals surface area contributed by atoms with E-state index in [4.69, 9.17) is 4.42 Å². The molecule has 1 aliphatic carbocycles. The number of hydrogen-bond donors (Lipinski definition) is 2. The molecular formula is C14H21NO3. The van der Waals surface area contributed by atoms with Gasteiger partial charge in [0.15, 0.2) is 0 Å². The van der Waals surface area contributed by atoms with E-state index in [2.05, 4.69) is 5.32 Å². The molecule has 100 valence electrons. The van der Waals surface area contributed by atoms with Crippen LogP contribution in [0.25, 0.3) is 0 Å². The molecule has 0 spiro atoms. The lowest BCUT2D eigenvalue weighted by Crippen LogP contribution is -2.29. The van der Waals surface area contributed by atoms with Gasteiger partial charge >= 0.3 is 0 Å². The maximum absolute atomic E-state index is 12.1. The maximum atomic E-state index is 12.1. The zero-order chi connectivity index (χ0) is 13.3. The van der Waals surface area contributed by atoms with Gasteiger partial charge in [-0.1, -0.05) is 0 Å². The Labute approximate surface area is 107 Å². The van der Waals surface area contributed by atoms with Crippen LogP contribution in [0.4, 0.5) is 0 Å². The number of carbonyl (C=O) groups is 1.